The molecule has 9 nitrogen and oxygen atoms in total. The van der Waals surface area contributed by atoms with Crippen LogP contribution in [0.4, 0.5) is 0 Å². The van der Waals surface area contributed by atoms with Crippen molar-refractivity contribution in [1.82, 2.24) is 4.90 Å². The van der Waals surface area contributed by atoms with Gasteiger partial charge in [0.2, 0.25) is 5.91 Å². The molecule has 4 rings (SSSR count). The summed E-state index contributed by atoms with van der Waals surface area (Å²) in [7, 11) is 6.33. The number of esters is 1. The van der Waals surface area contributed by atoms with Crippen LogP contribution in [0.15, 0.2) is 60.7 Å². The number of fused-ring (bicyclic) bond motifs is 1. The van der Waals surface area contributed by atoms with Gasteiger partial charge >= 0.3 is 5.97 Å². The van der Waals surface area contributed by atoms with Crippen molar-refractivity contribution in [3.8, 4) is 28.7 Å². The van der Waals surface area contributed by atoms with Crippen molar-refractivity contribution in [3.63, 3.8) is 0 Å². The SMILES string of the molecule is CCOC(=O)c1ccc(OCC2c3cc(OC)c(OC)cc3CCN2C(=O)/C=C/c2ccc(OC)c(OC)c2)cc1. The summed E-state index contributed by atoms with van der Waals surface area (Å²) >= 11 is 0. The maximum absolute atomic E-state index is 13.6. The van der Waals surface area contributed by atoms with E-state index in [0.29, 0.717) is 53.9 Å². The predicted molar refractivity (Wildman–Crippen MR) is 154 cm³/mol. The third kappa shape index (κ3) is 6.74. The number of hydrogen-bond donors (Lipinski definition) is 0. The van der Waals surface area contributed by atoms with Crippen LogP contribution in [-0.4, -0.2) is 65.0 Å². The summed E-state index contributed by atoms with van der Waals surface area (Å²) in [6.45, 7) is 2.75. The van der Waals surface area contributed by atoms with Crippen molar-refractivity contribution in [2.45, 2.75) is 19.4 Å². The maximum atomic E-state index is 13.6. The highest BCUT2D eigenvalue weighted by Crippen LogP contribution is 2.38. The van der Waals surface area contributed by atoms with Crippen LogP contribution in [0.1, 0.15) is 40.0 Å². The van der Waals surface area contributed by atoms with Gasteiger partial charge in [-0.05, 0) is 84.6 Å². The molecule has 1 atom stereocenters. The van der Waals surface area contributed by atoms with Gasteiger partial charge in [0.05, 0.1) is 46.7 Å². The zero-order valence-corrected chi connectivity index (χ0v) is 24.0. The third-order valence-electron chi connectivity index (χ3n) is 6.89. The van der Waals surface area contributed by atoms with E-state index in [1.807, 2.05) is 24.3 Å². The Morgan fingerprint density at radius 2 is 1.51 bits per heavy atom. The first-order valence-corrected chi connectivity index (χ1v) is 13.3. The van der Waals surface area contributed by atoms with Gasteiger partial charge in [-0.25, -0.2) is 4.79 Å². The number of nitrogens with zero attached hydrogens (tertiary/aromatic N) is 1. The molecule has 41 heavy (non-hydrogen) atoms. The first-order chi connectivity index (χ1) is 19.9. The lowest BCUT2D eigenvalue weighted by Crippen LogP contribution is -2.41. The average molecular weight is 562 g/mol. The molecular formula is C32H35NO8. The molecule has 1 heterocycles. The molecule has 0 saturated carbocycles. The van der Waals surface area contributed by atoms with Gasteiger partial charge in [0.15, 0.2) is 23.0 Å². The molecule has 3 aromatic carbocycles. The van der Waals surface area contributed by atoms with Crippen LogP contribution in [0.5, 0.6) is 28.7 Å². The highest BCUT2D eigenvalue weighted by atomic mass is 16.5. The van der Waals surface area contributed by atoms with Crippen LogP contribution in [0.25, 0.3) is 6.08 Å². The zero-order valence-electron chi connectivity index (χ0n) is 24.0. The molecule has 0 bridgehead atoms. The second-order valence-corrected chi connectivity index (χ2v) is 9.21. The highest BCUT2D eigenvalue weighted by Gasteiger charge is 2.32. The number of rotatable bonds is 11. The van der Waals surface area contributed by atoms with E-state index in [0.717, 1.165) is 16.7 Å². The van der Waals surface area contributed by atoms with Crippen LogP contribution >= 0.6 is 0 Å². The van der Waals surface area contributed by atoms with E-state index in [1.54, 1.807) is 82.7 Å². The first-order valence-electron chi connectivity index (χ1n) is 13.3. The Hall–Kier alpha value is -4.66. The maximum Gasteiger partial charge on any atom is 0.338 e. The molecule has 216 valence electrons. The lowest BCUT2D eigenvalue weighted by atomic mass is 9.92. The topological polar surface area (TPSA) is 92.8 Å². The minimum Gasteiger partial charge on any atom is -0.493 e. The summed E-state index contributed by atoms with van der Waals surface area (Å²) in [6, 6.07) is 15.7. The second kappa shape index (κ2) is 13.6. The van der Waals surface area contributed by atoms with Crippen LogP contribution in [0, 0.1) is 0 Å². The van der Waals surface area contributed by atoms with Crippen molar-refractivity contribution >= 4 is 18.0 Å². The summed E-state index contributed by atoms with van der Waals surface area (Å²) in [6.07, 6.45) is 3.95. The first kappa shape index (κ1) is 29.3. The van der Waals surface area contributed by atoms with Crippen molar-refractivity contribution in [3.05, 3.63) is 82.9 Å². The normalized spacial score (nSPS) is 14.3. The van der Waals surface area contributed by atoms with Crippen LogP contribution < -0.4 is 23.7 Å². The van der Waals surface area contributed by atoms with Crippen molar-refractivity contribution in [2.75, 3.05) is 48.2 Å². The summed E-state index contributed by atoms with van der Waals surface area (Å²) < 4.78 is 33.0. The number of benzene rings is 3. The molecule has 9 heteroatoms. The number of carbonyl (C=O) groups is 2. The standard InChI is InChI=1S/C32H35NO8/c1-6-40-32(35)22-9-11-24(12-10-22)41-20-26-25-19-30(39-5)29(38-4)18-23(25)15-16-33(26)31(34)14-8-21-7-13-27(36-2)28(17-21)37-3/h7-14,17-19,26H,6,15-16,20H2,1-5H3/b14-8+. The summed E-state index contributed by atoms with van der Waals surface area (Å²) in [4.78, 5) is 27.4. The lowest BCUT2D eigenvalue weighted by molar-refractivity contribution is -0.129. The van der Waals surface area contributed by atoms with Crippen molar-refractivity contribution < 1.29 is 38.0 Å². The van der Waals surface area contributed by atoms with Gasteiger partial charge in [0.25, 0.3) is 0 Å². The zero-order chi connectivity index (χ0) is 29.4. The molecule has 0 N–H and O–H groups in total. The van der Waals surface area contributed by atoms with E-state index >= 15 is 0 Å². The molecular weight excluding hydrogens is 526 g/mol. The van der Waals surface area contributed by atoms with Gasteiger partial charge in [0.1, 0.15) is 12.4 Å². The molecule has 0 aromatic heterocycles. The van der Waals surface area contributed by atoms with Crippen LogP contribution in [0.2, 0.25) is 0 Å². The molecule has 0 radical (unpaired) electrons. The summed E-state index contributed by atoms with van der Waals surface area (Å²) in [5.74, 6) is 2.42. The number of carbonyl (C=O) groups excluding carboxylic acids is 2. The molecule has 1 aliphatic rings. The number of hydrogen-bond acceptors (Lipinski definition) is 8. The molecule has 1 aliphatic heterocycles. The largest absolute Gasteiger partial charge is 0.493 e. The quantitative estimate of drug-likeness (QED) is 0.235. The summed E-state index contributed by atoms with van der Waals surface area (Å²) in [5, 5.41) is 0. The Balaban J connectivity index is 1.60. The van der Waals surface area contributed by atoms with E-state index in [2.05, 4.69) is 0 Å². The number of ether oxygens (including phenoxy) is 6. The van der Waals surface area contributed by atoms with Gasteiger partial charge in [-0.15, -0.1) is 0 Å². The Morgan fingerprint density at radius 3 is 2.17 bits per heavy atom. The van der Waals surface area contributed by atoms with Gasteiger partial charge < -0.3 is 33.3 Å². The van der Waals surface area contributed by atoms with Crippen LogP contribution in [-0.2, 0) is 16.0 Å². The minimum absolute atomic E-state index is 0.161. The van der Waals surface area contributed by atoms with Crippen LogP contribution in [0.3, 0.4) is 0 Å². The second-order valence-electron chi connectivity index (χ2n) is 9.21. The molecule has 1 amide bonds. The van der Waals surface area contributed by atoms with Gasteiger partial charge in [-0.1, -0.05) is 6.07 Å². The van der Waals surface area contributed by atoms with E-state index in [9.17, 15) is 9.59 Å². The highest BCUT2D eigenvalue weighted by molar-refractivity contribution is 5.92. The Kier molecular flexibility index (Phi) is 9.73. The van der Waals surface area contributed by atoms with Crippen molar-refractivity contribution in [1.29, 1.82) is 0 Å². The minimum atomic E-state index is -0.397. The summed E-state index contributed by atoms with van der Waals surface area (Å²) in [5.41, 5.74) is 3.22. The van der Waals surface area contributed by atoms with E-state index in [4.69, 9.17) is 28.4 Å². The van der Waals surface area contributed by atoms with E-state index in [1.165, 1.54) is 0 Å². The molecule has 0 aliphatic carbocycles. The van der Waals surface area contributed by atoms with Gasteiger partial charge in [-0.2, -0.15) is 0 Å². The monoisotopic (exact) mass is 561 g/mol. The number of amides is 1. The third-order valence-corrected chi connectivity index (χ3v) is 6.89. The average Bonchev–Trinajstić information content (AvgIpc) is 3.01. The Morgan fingerprint density at radius 1 is 0.854 bits per heavy atom. The fourth-order valence-corrected chi connectivity index (χ4v) is 4.77. The van der Waals surface area contributed by atoms with Gasteiger partial charge in [0, 0.05) is 12.6 Å². The molecule has 3 aromatic rings. The van der Waals surface area contributed by atoms with Crippen molar-refractivity contribution in [2.24, 2.45) is 0 Å². The van der Waals surface area contributed by atoms with Gasteiger partial charge in [-0.3, -0.25) is 4.79 Å². The fraction of sp³-hybridized carbons (Fsp3) is 0.312. The Bertz CT molecular complexity index is 1400. The lowest BCUT2D eigenvalue weighted by Gasteiger charge is -2.37. The fourth-order valence-electron chi connectivity index (χ4n) is 4.77. The Labute approximate surface area is 240 Å². The van der Waals surface area contributed by atoms with E-state index in [-0.39, 0.29) is 18.5 Å². The predicted octanol–water partition coefficient (Wildman–Crippen LogP) is 5.12. The molecule has 0 fully saturated rings. The molecule has 1 unspecified atom stereocenters. The smallest absolute Gasteiger partial charge is 0.338 e. The number of methoxy groups -OCH3 is 4. The molecule has 0 saturated heterocycles. The molecule has 0 spiro atoms. The van der Waals surface area contributed by atoms with E-state index < -0.39 is 6.04 Å².